The van der Waals surface area contributed by atoms with E-state index >= 15 is 0 Å². The van der Waals surface area contributed by atoms with Gasteiger partial charge in [0.15, 0.2) is 0 Å². The number of halogens is 3. The van der Waals surface area contributed by atoms with Crippen molar-refractivity contribution >= 4 is 10.8 Å². The molecule has 23 heavy (non-hydrogen) atoms. The van der Waals surface area contributed by atoms with E-state index in [1.54, 1.807) is 0 Å². The van der Waals surface area contributed by atoms with Crippen LogP contribution in [0.5, 0.6) is 0 Å². The Bertz CT molecular complexity index is 652. The Morgan fingerprint density at radius 1 is 1.00 bits per heavy atom. The first-order valence-electron chi connectivity index (χ1n) is 8.13. The number of benzene rings is 2. The number of aryl methyl sites for hydroxylation is 1. The number of hydrogen-bond donors (Lipinski definition) is 0. The standard InChI is InChI=1S/C19H23F3O/c1-3-4-5-6-7-8-14-11-15-9-10-16(19(21,22)23-2)13-17(15)18(20)12-14/h9-13H,3-8H2,1-2H3. The van der Waals surface area contributed by atoms with Crippen molar-refractivity contribution in [3.63, 3.8) is 0 Å². The third kappa shape index (κ3) is 4.47. The highest BCUT2D eigenvalue weighted by atomic mass is 19.3. The molecular weight excluding hydrogens is 301 g/mol. The van der Waals surface area contributed by atoms with Crippen LogP contribution in [0.2, 0.25) is 0 Å². The molecule has 2 aromatic carbocycles. The van der Waals surface area contributed by atoms with Gasteiger partial charge in [-0.2, -0.15) is 8.78 Å². The predicted molar refractivity (Wildman–Crippen MR) is 87.3 cm³/mol. The number of hydrogen-bond acceptors (Lipinski definition) is 1. The number of unbranched alkanes of at least 4 members (excludes halogenated alkanes) is 4. The van der Waals surface area contributed by atoms with Crippen molar-refractivity contribution in [3.8, 4) is 0 Å². The van der Waals surface area contributed by atoms with Crippen LogP contribution in [0.4, 0.5) is 13.2 Å². The van der Waals surface area contributed by atoms with E-state index in [9.17, 15) is 13.2 Å². The summed E-state index contributed by atoms with van der Waals surface area (Å²) in [7, 11) is 0.933. The summed E-state index contributed by atoms with van der Waals surface area (Å²) in [6.45, 7) is 2.17. The summed E-state index contributed by atoms with van der Waals surface area (Å²) >= 11 is 0. The van der Waals surface area contributed by atoms with Gasteiger partial charge in [-0.15, -0.1) is 0 Å². The third-order valence-electron chi connectivity index (χ3n) is 4.13. The molecule has 0 unspecified atom stereocenters. The normalized spacial score (nSPS) is 12.0. The molecule has 126 valence electrons. The Balaban J connectivity index is 2.17. The zero-order chi connectivity index (χ0) is 16.9. The maximum absolute atomic E-state index is 14.3. The van der Waals surface area contributed by atoms with Crippen molar-refractivity contribution in [2.75, 3.05) is 7.11 Å². The Hall–Kier alpha value is -1.55. The van der Waals surface area contributed by atoms with Gasteiger partial charge in [0.2, 0.25) is 0 Å². The molecular formula is C19H23F3O. The quantitative estimate of drug-likeness (QED) is 0.526. The van der Waals surface area contributed by atoms with Crippen LogP contribution in [0.3, 0.4) is 0 Å². The molecule has 0 aliphatic rings. The lowest BCUT2D eigenvalue weighted by Gasteiger charge is -2.15. The van der Waals surface area contributed by atoms with Gasteiger partial charge in [0.05, 0.1) is 5.56 Å². The lowest BCUT2D eigenvalue weighted by molar-refractivity contribution is -0.231. The van der Waals surface area contributed by atoms with Gasteiger partial charge >= 0.3 is 6.11 Å². The van der Waals surface area contributed by atoms with Gasteiger partial charge in [0.1, 0.15) is 5.82 Å². The second-order valence-electron chi connectivity index (χ2n) is 5.90. The van der Waals surface area contributed by atoms with Crippen LogP contribution >= 0.6 is 0 Å². The van der Waals surface area contributed by atoms with E-state index in [2.05, 4.69) is 11.7 Å². The summed E-state index contributed by atoms with van der Waals surface area (Å²) in [5.41, 5.74) is 0.580. The number of alkyl halides is 2. The average Bonchev–Trinajstić information content (AvgIpc) is 2.54. The summed E-state index contributed by atoms with van der Waals surface area (Å²) in [6, 6.07) is 7.32. The van der Waals surface area contributed by atoms with Crippen LogP contribution in [0.15, 0.2) is 30.3 Å². The monoisotopic (exact) mass is 324 g/mol. The number of rotatable bonds is 8. The number of ether oxygens (including phenoxy) is 1. The maximum Gasteiger partial charge on any atom is 0.383 e. The fraction of sp³-hybridized carbons (Fsp3) is 0.474. The summed E-state index contributed by atoms with van der Waals surface area (Å²) in [5.74, 6) is -0.459. The number of fused-ring (bicyclic) bond motifs is 1. The van der Waals surface area contributed by atoms with Crippen LogP contribution in [0.25, 0.3) is 10.8 Å². The lowest BCUT2D eigenvalue weighted by Crippen LogP contribution is -2.15. The van der Waals surface area contributed by atoms with Gasteiger partial charge in [0, 0.05) is 12.5 Å². The molecule has 2 rings (SSSR count). The van der Waals surface area contributed by atoms with Crippen molar-refractivity contribution in [2.24, 2.45) is 0 Å². The molecule has 0 aliphatic carbocycles. The van der Waals surface area contributed by atoms with E-state index in [1.165, 1.54) is 43.5 Å². The van der Waals surface area contributed by atoms with E-state index in [1.807, 2.05) is 6.07 Å². The van der Waals surface area contributed by atoms with Crippen molar-refractivity contribution < 1.29 is 17.9 Å². The van der Waals surface area contributed by atoms with Gasteiger partial charge in [0.25, 0.3) is 0 Å². The molecule has 0 fully saturated rings. The lowest BCUT2D eigenvalue weighted by atomic mass is 10.00. The average molecular weight is 324 g/mol. The van der Waals surface area contributed by atoms with Crippen molar-refractivity contribution in [1.29, 1.82) is 0 Å². The van der Waals surface area contributed by atoms with Crippen LogP contribution in [-0.4, -0.2) is 7.11 Å². The van der Waals surface area contributed by atoms with Gasteiger partial charge in [-0.05, 0) is 42.0 Å². The first kappa shape index (κ1) is 17.8. The van der Waals surface area contributed by atoms with Crippen molar-refractivity contribution in [3.05, 3.63) is 47.3 Å². The summed E-state index contributed by atoms with van der Waals surface area (Å²) < 4.78 is 45.5. The van der Waals surface area contributed by atoms with E-state index in [4.69, 9.17) is 0 Å². The maximum atomic E-state index is 14.3. The van der Waals surface area contributed by atoms with E-state index in [0.717, 1.165) is 31.9 Å². The Kier molecular flexibility index (Phi) is 6.05. The zero-order valence-corrected chi connectivity index (χ0v) is 13.7. The van der Waals surface area contributed by atoms with Crippen molar-refractivity contribution in [2.45, 2.75) is 51.6 Å². The largest absolute Gasteiger partial charge is 0.383 e. The molecule has 0 saturated carbocycles. The number of methoxy groups -OCH3 is 1. The molecule has 0 spiro atoms. The van der Waals surface area contributed by atoms with E-state index < -0.39 is 11.9 Å². The molecule has 0 bridgehead atoms. The van der Waals surface area contributed by atoms with E-state index in [-0.39, 0.29) is 10.9 Å². The van der Waals surface area contributed by atoms with Crippen LogP contribution < -0.4 is 0 Å². The minimum atomic E-state index is -3.40. The molecule has 4 heteroatoms. The van der Waals surface area contributed by atoms with E-state index in [0.29, 0.717) is 5.39 Å². The van der Waals surface area contributed by atoms with Gasteiger partial charge < -0.3 is 4.74 Å². The Morgan fingerprint density at radius 2 is 1.74 bits per heavy atom. The van der Waals surface area contributed by atoms with Crippen LogP contribution in [0, 0.1) is 5.82 Å². The summed E-state index contributed by atoms with van der Waals surface area (Å²) in [4.78, 5) is 0. The Labute approximate surface area is 135 Å². The first-order valence-corrected chi connectivity index (χ1v) is 8.13. The highest BCUT2D eigenvalue weighted by Gasteiger charge is 2.31. The second kappa shape index (κ2) is 7.82. The molecule has 0 radical (unpaired) electrons. The molecule has 0 aliphatic heterocycles. The highest BCUT2D eigenvalue weighted by molar-refractivity contribution is 5.84. The van der Waals surface area contributed by atoms with Crippen LogP contribution in [-0.2, 0) is 17.3 Å². The summed E-state index contributed by atoms with van der Waals surface area (Å²) in [5, 5.41) is 0.846. The molecule has 0 N–H and O–H groups in total. The predicted octanol–water partition coefficient (Wildman–Crippen LogP) is 6.19. The fourth-order valence-corrected chi connectivity index (χ4v) is 2.75. The third-order valence-corrected chi connectivity index (χ3v) is 4.13. The molecule has 2 aromatic rings. The Morgan fingerprint density at radius 3 is 2.43 bits per heavy atom. The molecule has 0 saturated heterocycles. The SMILES string of the molecule is CCCCCCCc1cc(F)c2cc(C(F)(F)OC)ccc2c1. The fourth-order valence-electron chi connectivity index (χ4n) is 2.75. The van der Waals surface area contributed by atoms with Crippen molar-refractivity contribution in [1.82, 2.24) is 0 Å². The molecule has 0 aromatic heterocycles. The molecule has 0 heterocycles. The molecule has 0 atom stereocenters. The smallest absolute Gasteiger partial charge is 0.320 e. The van der Waals surface area contributed by atoms with Crippen LogP contribution in [0.1, 0.15) is 50.2 Å². The zero-order valence-electron chi connectivity index (χ0n) is 13.7. The minimum Gasteiger partial charge on any atom is -0.320 e. The molecule has 1 nitrogen and oxygen atoms in total. The minimum absolute atomic E-state index is 0.203. The van der Waals surface area contributed by atoms with Gasteiger partial charge in [-0.3, -0.25) is 0 Å². The van der Waals surface area contributed by atoms with Gasteiger partial charge in [-0.25, -0.2) is 4.39 Å². The van der Waals surface area contributed by atoms with Gasteiger partial charge in [-0.1, -0.05) is 44.7 Å². The second-order valence-corrected chi connectivity index (χ2v) is 5.90. The summed E-state index contributed by atoms with van der Waals surface area (Å²) in [6.07, 6.45) is 3.17. The highest BCUT2D eigenvalue weighted by Crippen LogP contribution is 2.32. The molecule has 0 amide bonds. The first-order chi connectivity index (χ1) is 11.0. The topological polar surface area (TPSA) is 9.23 Å².